The summed E-state index contributed by atoms with van der Waals surface area (Å²) >= 11 is 0. The lowest BCUT2D eigenvalue weighted by atomic mass is 10.2. The second kappa shape index (κ2) is 9.45. The molecule has 0 radical (unpaired) electrons. The Balaban J connectivity index is 0.000000422. The molecular weight excluding hydrogens is 332 g/mol. The third kappa shape index (κ3) is 9.13. The number of hydrogen-bond acceptors (Lipinski definition) is 4. The van der Waals surface area contributed by atoms with Crippen LogP contribution in [0, 0.1) is 6.92 Å². The number of benzene rings is 1. The molecule has 1 unspecified atom stereocenters. The van der Waals surface area contributed by atoms with E-state index in [1.165, 1.54) is 12.1 Å². The maximum Gasteiger partial charge on any atom is 0.181 e. The molecular formula is C17H28O4S2. The molecule has 0 spiro atoms. The summed E-state index contributed by atoms with van der Waals surface area (Å²) in [5.74, 6) is 1.20. The number of carbonyl (C=O) groups is 1. The van der Waals surface area contributed by atoms with Crippen molar-refractivity contribution < 1.29 is 17.8 Å². The van der Waals surface area contributed by atoms with Crippen LogP contribution in [0.25, 0.3) is 0 Å². The maximum absolute atomic E-state index is 11.3. The molecule has 23 heavy (non-hydrogen) atoms. The van der Waals surface area contributed by atoms with Gasteiger partial charge in [0, 0.05) is 6.42 Å². The van der Waals surface area contributed by atoms with Crippen molar-refractivity contribution in [2.75, 3.05) is 12.0 Å². The Hall–Kier alpha value is -0.850. The Bertz CT molecular complexity index is 601. The van der Waals surface area contributed by atoms with E-state index in [2.05, 4.69) is 34.0 Å². The van der Waals surface area contributed by atoms with Gasteiger partial charge in [-0.2, -0.15) is 0 Å². The summed E-state index contributed by atoms with van der Waals surface area (Å²) < 4.78 is 31.8. The monoisotopic (exact) mass is 360 g/mol. The van der Waals surface area contributed by atoms with E-state index in [0.29, 0.717) is 16.1 Å². The van der Waals surface area contributed by atoms with Crippen LogP contribution in [0.2, 0.25) is 0 Å². The zero-order valence-electron chi connectivity index (χ0n) is 14.9. The quantitative estimate of drug-likeness (QED) is 0.596. The minimum Gasteiger partial charge on any atom is -0.744 e. The molecule has 0 aromatic heterocycles. The molecule has 0 N–H and O–H groups in total. The summed E-state index contributed by atoms with van der Waals surface area (Å²) in [6.07, 6.45) is 3.93. The van der Waals surface area contributed by atoms with Crippen molar-refractivity contribution in [3.8, 4) is 0 Å². The molecule has 1 atom stereocenters. The summed E-state index contributed by atoms with van der Waals surface area (Å²) in [6.45, 7) is 10.3. The van der Waals surface area contributed by atoms with Crippen LogP contribution in [0.5, 0.6) is 0 Å². The number of ketones is 1. The van der Waals surface area contributed by atoms with Crippen molar-refractivity contribution in [1.29, 1.82) is 0 Å². The minimum absolute atomic E-state index is 0.139. The van der Waals surface area contributed by atoms with E-state index < -0.39 is 10.1 Å². The van der Waals surface area contributed by atoms with Gasteiger partial charge in [-0.1, -0.05) is 25.1 Å². The van der Waals surface area contributed by atoms with Gasteiger partial charge >= 0.3 is 0 Å². The van der Waals surface area contributed by atoms with Crippen molar-refractivity contribution in [1.82, 2.24) is 0 Å². The third-order valence-electron chi connectivity index (χ3n) is 3.31. The largest absolute Gasteiger partial charge is 0.744 e. The smallest absolute Gasteiger partial charge is 0.181 e. The Morgan fingerprint density at radius 2 is 1.74 bits per heavy atom. The van der Waals surface area contributed by atoms with Crippen LogP contribution in [0.1, 0.15) is 46.1 Å². The molecule has 0 bridgehead atoms. The van der Waals surface area contributed by atoms with E-state index in [1.807, 2.05) is 0 Å². The summed E-state index contributed by atoms with van der Waals surface area (Å²) in [5.41, 5.74) is 0.488. The van der Waals surface area contributed by atoms with Gasteiger partial charge in [0.15, 0.2) is 11.5 Å². The van der Waals surface area contributed by atoms with Gasteiger partial charge < -0.3 is 4.55 Å². The normalized spacial score (nSPS) is 13.0. The molecule has 0 heterocycles. The Kier molecular flexibility index (Phi) is 9.10. The highest BCUT2D eigenvalue weighted by Crippen LogP contribution is 2.17. The first-order valence-corrected chi connectivity index (χ1v) is 10.8. The van der Waals surface area contributed by atoms with Gasteiger partial charge in [-0.15, -0.1) is 0 Å². The van der Waals surface area contributed by atoms with Gasteiger partial charge in [0.05, 0.1) is 11.2 Å². The highest BCUT2D eigenvalue weighted by Gasteiger charge is 2.30. The van der Waals surface area contributed by atoms with Crippen molar-refractivity contribution in [3.63, 3.8) is 0 Å². The molecule has 0 aliphatic carbocycles. The van der Waals surface area contributed by atoms with Gasteiger partial charge in [0.25, 0.3) is 0 Å². The van der Waals surface area contributed by atoms with Gasteiger partial charge in [-0.05, 0) is 56.6 Å². The molecule has 0 fully saturated rings. The molecule has 0 saturated carbocycles. The topological polar surface area (TPSA) is 74.3 Å². The average molecular weight is 361 g/mol. The third-order valence-corrected chi connectivity index (χ3v) is 7.16. The van der Waals surface area contributed by atoms with Crippen molar-refractivity contribution in [3.05, 3.63) is 29.8 Å². The Labute approximate surface area is 143 Å². The fourth-order valence-electron chi connectivity index (χ4n) is 1.65. The van der Waals surface area contributed by atoms with Crippen LogP contribution in [0.4, 0.5) is 0 Å². The van der Waals surface area contributed by atoms with Gasteiger partial charge in [0.2, 0.25) is 0 Å². The van der Waals surface area contributed by atoms with Gasteiger partial charge in [0.1, 0.15) is 14.9 Å². The Morgan fingerprint density at radius 3 is 2.09 bits per heavy atom. The molecule has 6 heteroatoms. The van der Waals surface area contributed by atoms with E-state index >= 15 is 0 Å². The fraction of sp³-hybridized carbons (Fsp3) is 0.588. The standard InChI is InChI=1S/C10H21OS.C7H8O3S/c1-6-7-9(11)8-12(5)10(2,3)4;1-6-4-2-3-5-7(6)11(8,9)10/h6-8H2,1-5H3;2-5H,1H3,(H,8,9,10)/q+1;/p-1. The zero-order chi connectivity index (χ0) is 18.3. The van der Waals surface area contributed by atoms with E-state index in [9.17, 15) is 17.8 Å². The highest BCUT2D eigenvalue weighted by molar-refractivity contribution is 7.98. The number of carbonyl (C=O) groups excluding carboxylic acids is 1. The van der Waals surface area contributed by atoms with Crippen LogP contribution in [0.3, 0.4) is 0 Å². The van der Waals surface area contributed by atoms with Crippen LogP contribution in [-0.4, -0.2) is 35.5 Å². The number of rotatable bonds is 5. The average Bonchev–Trinajstić information content (AvgIpc) is 2.37. The molecule has 4 nitrogen and oxygen atoms in total. The molecule has 0 amide bonds. The second-order valence-corrected chi connectivity index (χ2v) is 10.5. The first kappa shape index (κ1) is 22.1. The van der Waals surface area contributed by atoms with Gasteiger partial charge in [-0.25, -0.2) is 8.42 Å². The maximum atomic E-state index is 11.3. The van der Waals surface area contributed by atoms with E-state index in [0.717, 1.165) is 18.6 Å². The molecule has 0 saturated heterocycles. The zero-order valence-corrected chi connectivity index (χ0v) is 16.5. The predicted molar refractivity (Wildman–Crippen MR) is 97.0 cm³/mol. The molecule has 1 rings (SSSR count). The van der Waals surface area contributed by atoms with Crippen LogP contribution >= 0.6 is 0 Å². The first-order valence-electron chi connectivity index (χ1n) is 7.55. The van der Waals surface area contributed by atoms with Crippen molar-refractivity contribution in [2.45, 2.75) is 57.1 Å². The Morgan fingerprint density at radius 1 is 1.22 bits per heavy atom. The van der Waals surface area contributed by atoms with Gasteiger partial charge in [-0.3, -0.25) is 4.79 Å². The molecule has 0 aliphatic rings. The lowest BCUT2D eigenvalue weighted by Gasteiger charge is -2.17. The summed E-state index contributed by atoms with van der Waals surface area (Å²) in [4.78, 5) is 11.2. The van der Waals surface area contributed by atoms with Crippen LogP contribution < -0.4 is 0 Å². The molecule has 0 aliphatic heterocycles. The fourth-order valence-corrected chi connectivity index (χ4v) is 3.41. The van der Waals surface area contributed by atoms with E-state index in [-0.39, 0.29) is 15.8 Å². The molecule has 1 aromatic carbocycles. The van der Waals surface area contributed by atoms with Crippen molar-refractivity contribution in [2.24, 2.45) is 0 Å². The first-order chi connectivity index (χ1) is 10.4. The highest BCUT2D eigenvalue weighted by atomic mass is 32.2. The molecule has 1 aromatic rings. The van der Waals surface area contributed by atoms with E-state index in [1.54, 1.807) is 19.1 Å². The number of aryl methyl sites for hydroxylation is 1. The SMILES string of the molecule is CCCC(=O)C[S+](C)C(C)(C)C.Cc1ccccc1S(=O)(=O)[O-]. The second-order valence-electron chi connectivity index (χ2n) is 6.40. The minimum atomic E-state index is -4.28. The lowest BCUT2D eigenvalue weighted by Crippen LogP contribution is -2.32. The van der Waals surface area contributed by atoms with Crippen LogP contribution in [0.15, 0.2) is 29.2 Å². The summed E-state index contributed by atoms with van der Waals surface area (Å²) in [5, 5.41) is 0. The number of hydrogen-bond donors (Lipinski definition) is 0. The van der Waals surface area contributed by atoms with Crippen molar-refractivity contribution >= 4 is 26.8 Å². The van der Waals surface area contributed by atoms with Crippen LogP contribution in [-0.2, 0) is 25.8 Å². The molecule has 132 valence electrons. The van der Waals surface area contributed by atoms with E-state index in [4.69, 9.17) is 0 Å². The lowest BCUT2D eigenvalue weighted by molar-refractivity contribution is -0.116. The summed E-state index contributed by atoms with van der Waals surface area (Å²) in [6, 6.07) is 6.10. The summed E-state index contributed by atoms with van der Waals surface area (Å²) in [7, 11) is -4.05. The number of Topliss-reactive ketones (excluding diaryl/α,β-unsaturated/α-hetero) is 1. The predicted octanol–water partition coefficient (Wildman–Crippen LogP) is 3.30.